The minimum atomic E-state index is -0.286. The number of anilines is 1. The summed E-state index contributed by atoms with van der Waals surface area (Å²) < 4.78 is 0. The predicted molar refractivity (Wildman–Crippen MR) is 106 cm³/mol. The minimum absolute atomic E-state index is 0.250. The number of nitrogens with zero attached hydrogens (tertiary/aromatic N) is 4. The van der Waals surface area contributed by atoms with Gasteiger partial charge in [-0.1, -0.05) is 12.8 Å². The van der Waals surface area contributed by atoms with Crippen molar-refractivity contribution in [3.63, 3.8) is 0 Å². The van der Waals surface area contributed by atoms with Gasteiger partial charge in [0.2, 0.25) is 11.9 Å². The normalized spacial score (nSPS) is 27.2. The third kappa shape index (κ3) is 4.42. The van der Waals surface area contributed by atoms with Crippen LogP contribution in [-0.2, 0) is 11.3 Å². The average molecular weight is 372 g/mol. The van der Waals surface area contributed by atoms with Crippen molar-refractivity contribution in [3.8, 4) is 0 Å². The number of nitrogens with one attached hydrogen (secondary N) is 1. The van der Waals surface area contributed by atoms with Crippen LogP contribution in [0.25, 0.3) is 0 Å². The molecule has 1 N–H and O–H groups in total. The second kappa shape index (κ2) is 8.13. The summed E-state index contributed by atoms with van der Waals surface area (Å²) in [5.74, 6) is 1.11. The summed E-state index contributed by atoms with van der Waals surface area (Å²) in [6.07, 6.45) is 11.2. The van der Waals surface area contributed by atoms with E-state index in [2.05, 4.69) is 27.0 Å². The molecule has 0 aromatic carbocycles. The number of likely N-dealkylation sites (tertiary alicyclic amines) is 1. The number of hydrogen-bond acceptors (Lipinski definition) is 5. The molecule has 3 fully saturated rings. The van der Waals surface area contributed by atoms with Gasteiger partial charge in [-0.2, -0.15) is 0 Å². The van der Waals surface area contributed by atoms with Crippen LogP contribution < -0.4 is 10.2 Å². The minimum Gasteiger partial charge on any atom is -0.353 e. The maximum Gasteiger partial charge on any atom is 0.227 e. The smallest absolute Gasteiger partial charge is 0.227 e. The molecule has 1 atom stereocenters. The number of carbonyl (C=O) groups excluding carboxylic acids is 1. The van der Waals surface area contributed by atoms with E-state index in [9.17, 15) is 4.79 Å². The molecule has 148 valence electrons. The van der Waals surface area contributed by atoms with Crippen molar-refractivity contribution in [1.29, 1.82) is 0 Å². The number of hydrogen-bond donors (Lipinski definition) is 1. The van der Waals surface area contributed by atoms with Gasteiger partial charge in [-0.25, -0.2) is 9.97 Å². The second-order valence-electron chi connectivity index (χ2n) is 8.87. The zero-order valence-electron chi connectivity index (χ0n) is 16.6. The molecule has 1 aromatic heterocycles. The van der Waals surface area contributed by atoms with E-state index < -0.39 is 0 Å². The molecule has 4 rings (SSSR count). The van der Waals surface area contributed by atoms with Gasteiger partial charge < -0.3 is 10.2 Å². The monoisotopic (exact) mass is 371 g/mol. The Hall–Kier alpha value is -1.69. The molecule has 2 aliphatic heterocycles. The van der Waals surface area contributed by atoms with Crippen LogP contribution in [0, 0.1) is 5.41 Å². The van der Waals surface area contributed by atoms with E-state index in [0.717, 1.165) is 70.0 Å². The molecule has 0 spiro atoms. The molecule has 1 amide bonds. The molecular weight excluding hydrogens is 338 g/mol. The maximum atomic E-state index is 12.9. The molecular formula is C21H33N5O. The molecule has 1 saturated carbocycles. The first-order valence-corrected chi connectivity index (χ1v) is 10.7. The quantitative estimate of drug-likeness (QED) is 0.862. The van der Waals surface area contributed by atoms with Gasteiger partial charge in [-0.3, -0.25) is 9.69 Å². The van der Waals surface area contributed by atoms with Gasteiger partial charge in [0, 0.05) is 38.4 Å². The lowest BCUT2D eigenvalue weighted by molar-refractivity contribution is -0.134. The average Bonchev–Trinajstić information content (AvgIpc) is 3.36. The zero-order valence-corrected chi connectivity index (χ0v) is 16.6. The van der Waals surface area contributed by atoms with Crippen LogP contribution in [0.1, 0.15) is 64.0 Å². The zero-order chi connectivity index (χ0) is 18.7. The first kappa shape index (κ1) is 18.7. The van der Waals surface area contributed by atoms with Gasteiger partial charge in [-0.15, -0.1) is 0 Å². The summed E-state index contributed by atoms with van der Waals surface area (Å²) in [4.78, 5) is 26.9. The van der Waals surface area contributed by atoms with Crippen molar-refractivity contribution in [2.24, 2.45) is 5.41 Å². The lowest BCUT2D eigenvalue weighted by Crippen LogP contribution is -2.51. The third-order valence-corrected chi connectivity index (χ3v) is 6.49. The topological polar surface area (TPSA) is 61.4 Å². The highest BCUT2D eigenvalue weighted by molar-refractivity contribution is 5.82. The van der Waals surface area contributed by atoms with E-state index in [-0.39, 0.29) is 11.3 Å². The van der Waals surface area contributed by atoms with Crippen LogP contribution >= 0.6 is 0 Å². The summed E-state index contributed by atoms with van der Waals surface area (Å²) >= 11 is 0. The fourth-order valence-corrected chi connectivity index (χ4v) is 4.87. The number of rotatable bonds is 5. The van der Waals surface area contributed by atoms with Crippen LogP contribution in [0.15, 0.2) is 12.3 Å². The van der Waals surface area contributed by atoms with Crippen LogP contribution in [0.5, 0.6) is 0 Å². The van der Waals surface area contributed by atoms with Gasteiger partial charge in [0.05, 0.1) is 11.1 Å². The molecule has 3 aliphatic rings. The van der Waals surface area contributed by atoms with Crippen molar-refractivity contribution < 1.29 is 4.79 Å². The van der Waals surface area contributed by atoms with Crippen molar-refractivity contribution in [3.05, 3.63) is 18.0 Å². The van der Waals surface area contributed by atoms with E-state index >= 15 is 0 Å². The van der Waals surface area contributed by atoms with Crippen molar-refractivity contribution in [1.82, 2.24) is 20.2 Å². The Morgan fingerprint density at radius 1 is 1.19 bits per heavy atom. The highest BCUT2D eigenvalue weighted by atomic mass is 16.2. The van der Waals surface area contributed by atoms with E-state index in [1.807, 2.05) is 12.3 Å². The summed E-state index contributed by atoms with van der Waals surface area (Å²) in [5.41, 5.74) is 0.776. The SMILES string of the molecule is C[C@@]1(C(=O)NC2CCCC2)CCCN(Cc2ccnc(N3CCCC3)n2)C1. The Bertz CT molecular complexity index is 654. The molecule has 6 nitrogen and oxygen atoms in total. The Labute approximate surface area is 162 Å². The Morgan fingerprint density at radius 2 is 1.96 bits per heavy atom. The van der Waals surface area contributed by atoms with Crippen molar-refractivity contribution in [2.75, 3.05) is 31.1 Å². The molecule has 1 aromatic rings. The summed E-state index contributed by atoms with van der Waals surface area (Å²) in [7, 11) is 0. The van der Waals surface area contributed by atoms with Crippen molar-refractivity contribution >= 4 is 11.9 Å². The highest BCUT2D eigenvalue weighted by Gasteiger charge is 2.38. The molecule has 0 bridgehead atoms. The second-order valence-corrected chi connectivity index (χ2v) is 8.87. The van der Waals surface area contributed by atoms with Gasteiger partial charge in [0.15, 0.2) is 0 Å². The number of amides is 1. The summed E-state index contributed by atoms with van der Waals surface area (Å²) in [6, 6.07) is 2.42. The van der Waals surface area contributed by atoms with Gasteiger partial charge in [-0.05, 0) is 58.1 Å². The first-order valence-electron chi connectivity index (χ1n) is 10.7. The highest BCUT2D eigenvalue weighted by Crippen LogP contribution is 2.31. The van der Waals surface area contributed by atoms with Crippen LogP contribution in [0.4, 0.5) is 5.95 Å². The molecule has 0 radical (unpaired) electrons. The first-order chi connectivity index (χ1) is 13.1. The predicted octanol–water partition coefficient (Wildman–Crippen LogP) is 2.74. The third-order valence-electron chi connectivity index (χ3n) is 6.49. The largest absolute Gasteiger partial charge is 0.353 e. The molecule has 6 heteroatoms. The van der Waals surface area contributed by atoms with Crippen LogP contribution in [0.2, 0.25) is 0 Å². The maximum absolute atomic E-state index is 12.9. The number of aromatic nitrogens is 2. The lowest BCUT2D eigenvalue weighted by atomic mass is 9.80. The number of carbonyl (C=O) groups is 1. The van der Waals surface area contributed by atoms with Crippen molar-refractivity contribution in [2.45, 2.75) is 70.9 Å². The molecule has 27 heavy (non-hydrogen) atoms. The molecule has 3 heterocycles. The number of piperidine rings is 1. The van der Waals surface area contributed by atoms with E-state index in [1.165, 1.54) is 25.7 Å². The molecule has 1 aliphatic carbocycles. The Kier molecular flexibility index (Phi) is 5.62. The van der Waals surface area contributed by atoms with Gasteiger partial charge in [0.25, 0.3) is 0 Å². The standard InChI is InChI=1S/C21H33N5O/c1-21(19(27)23-17-7-2-3-8-17)10-6-12-25(16-21)15-18-9-11-22-20(24-18)26-13-4-5-14-26/h9,11,17H,2-8,10,12-16H2,1H3,(H,23,27)/t21-/m1/s1. The Morgan fingerprint density at radius 3 is 2.74 bits per heavy atom. The fourth-order valence-electron chi connectivity index (χ4n) is 4.87. The van der Waals surface area contributed by atoms with Gasteiger partial charge >= 0.3 is 0 Å². The lowest BCUT2D eigenvalue weighted by Gasteiger charge is -2.39. The summed E-state index contributed by atoms with van der Waals surface area (Å²) in [5, 5.41) is 3.32. The Balaban J connectivity index is 1.37. The van der Waals surface area contributed by atoms with Gasteiger partial charge in [0.1, 0.15) is 0 Å². The fraction of sp³-hybridized carbons (Fsp3) is 0.762. The van der Waals surface area contributed by atoms with Crippen LogP contribution in [0.3, 0.4) is 0 Å². The van der Waals surface area contributed by atoms with E-state index in [0.29, 0.717) is 6.04 Å². The molecule has 0 unspecified atom stereocenters. The van der Waals surface area contributed by atoms with E-state index in [1.54, 1.807) is 0 Å². The molecule has 2 saturated heterocycles. The summed E-state index contributed by atoms with van der Waals surface area (Å²) in [6.45, 7) is 6.91. The van der Waals surface area contributed by atoms with E-state index in [4.69, 9.17) is 4.98 Å². The van der Waals surface area contributed by atoms with Crippen LogP contribution in [-0.4, -0.2) is 53.0 Å².